The smallest absolute Gasteiger partial charge is 0.257 e. The van der Waals surface area contributed by atoms with E-state index in [4.69, 9.17) is 0 Å². The van der Waals surface area contributed by atoms with E-state index in [1.807, 2.05) is 30.3 Å². The van der Waals surface area contributed by atoms with Gasteiger partial charge in [0.15, 0.2) is 5.65 Å². The third kappa shape index (κ3) is 3.09. The van der Waals surface area contributed by atoms with E-state index in [0.717, 1.165) is 11.0 Å². The van der Waals surface area contributed by atoms with Gasteiger partial charge in [-0.05, 0) is 23.8 Å². The van der Waals surface area contributed by atoms with Gasteiger partial charge in [-0.15, -0.1) is 10.2 Å². The molecular formula is C14H12N4O2S. The molecular weight excluding hydrogens is 288 g/mol. The molecule has 0 fully saturated rings. The zero-order valence-electron chi connectivity index (χ0n) is 10.9. The number of rotatable bonds is 4. The van der Waals surface area contributed by atoms with Crippen molar-refractivity contribution in [3.63, 3.8) is 0 Å². The molecule has 21 heavy (non-hydrogen) atoms. The molecule has 0 aliphatic rings. The van der Waals surface area contributed by atoms with Crippen LogP contribution in [0.5, 0.6) is 0 Å². The number of hydrogen-bond donors (Lipinski definition) is 1. The first-order chi connectivity index (χ1) is 10.1. The first-order valence-electron chi connectivity index (χ1n) is 6.20. The fraction of sp³-hybridized carbons (Fsp3) is 0. The molecule has 0 saturated carbocycles. The van der Waals surface area contributed by atoms with Crippen molar-refractivity contribution in [3.8, 4) is 0 Å². The van der Waals surface area contributed by atoms with Gasteiger partial charge in [-0.25, -0.2) is 13.1 Å². The molecule has 0 aliphatic heterocycles. The van der Waals surface area contributed by atoms with Crippen LogP contribution in [0, 0.1) is 0 Å². The quantitative estimate of drug-likeness (QED) is 0.801. The summed E-state index contributed by atoms with van der Waals surface area (Å²) in [4.78, 5) is 0. The molecule has 0 bridgehead atoms. The van der Waals surface area contributed by atoms with Crippen molar-refractivity contribution in [2.24, 2.45) is 0 Å². The summed E-state index contributed by atoms with van der Waals surface area (Å²) in [5.41, 5.74) is 1.37. The normalized spacial score (nSPS) is 12.0. The van der Waals surface area contributed by atoms with Crippen LogP contribution >= 0.6 is 0 Å². The largest absolute Gasteiger partial charge is 0.268 e. The molecule has 0 spiro atoms. The SMILES string of the molecule is O=S(=O)(/C=C/c1ccccc1)Nc1nnc2ccccn12. The van der Waals surface area contributed by atoms with Gasteiger partial charge >= 0.3 is 0 Å². The molecule has 106 valence electrons. The highest BCUT2D eigenvalue weighted by atomic mass is 32.2. The van der Waals surface area contributed by atoms with Gasteiger partial charge in [0.05, 0.1) is 5.41 Å². The summed E-state index contributed by atoms with van der Waals surface area (Å²) < 4.78 is 28.0. The van der Waals surface area contributed by atoms with E-state index >= 15 is 0 Å². The highest BCUT2D eigenvalue weighted by molar-refractivity contribution is 7.95. The Morgan fingerprint density at radius 1 is 1.00 bits per heavy atom. The lowest BCUT2D eigenvalue weighted by Gasteiger charge is -2.01. The molecule has 7 heteroatoms. The Balaban J connectivity index is 1.85. The maximum absolute atomic E-state index is 12.0. The highest BCUT2D eigenvalue weighted by Crippen LogP contribution is 2.11. The van der Waals surface area contributed by atoms with Gasteiger partial charge < -0.3 is 0 Å². The number of fused-ring (bicyclic) bond motifs is 1. The van der Waals surface area contributed by atoms with Crippen molar-refractivity contribution in [2.45, 2.75) is 0 Å². The number of hydrogen-bond acceptors (Lipinski definition) is 4. The van der Waals surface area contributed by atoms with Gasteiger partial charge in [-0.1, -0.05) is 36.4 Å². The number of pyridine rings is 1. The minimum Gasteiger partial charge on any atom is -0.268 e. The molecule has 0 aliphatic carbocycles. The van der Waals surface area contributed by atoms with Crippen LogP contribution in [0.15, 0.2) is 60.1 Å². The van der Waals surface area contributed by atoms with Crippen LogP contribution < -0.4 is 4.72 Å². The minimum atomic E-state index is -3.65. The molecule has 0 unspecified atom stereocenters. The summed E-state index contributed by atoms with van der Waals surface area (Å²) in [6.07, 6.45) is 3.21. The van der Waals surface area contributed by atoms with Crippen LogP contribution in [0.2, 0.25) is 0 Å². The van der Waals surface area contributed by atoms with Crippen molar-refractivity contribution in [1.29, 1.82) is 0 Å². The molecule has 0 radical (unpaired) electrons. The third-order valence-electron chi connectivity index (χ3n) is 2.79. The van der Waals surface area contributed by atoms with E-state index in [-0.39, 0.29) is 5.95 Å². The number of anilines is 1. The Morgan fingerprint density at radius 3 is 2.57 bits per heavy atom. The zero-order chi connectivity index (χ0) is 14.7. The van der Waals surface area contributed by atoms with Crippen LogP contribution in [-0.4, -0.2) is 23.0 Å². The van der Waals surface area contributed by atoms with Crippen LogP contribution in [0.1, 0.15) is 5.56 Å². The van der Waals surface area contributed by atoms with Crippen molar-refractivity contribution >= 4 is 27.7 Å². The van der Waals surface area contributed by atoms with E-state index < -0.39 is 10.0 Å². The molecule has 0 atom stereocenters. The molecule has 1 aromatic carbocycles. The van der Waals surface area contributed by atoms with Gasteiger partial charge in [0.25, 0.3) is 10.0 Å². The molecule has 0 amide bonds. The standard InChI is InChI=1S/C14H12N4O2S/c19-21(20,11-9-12-6-2-1-3-7-12)17-14-16-15-13-8-4-5-10-18(13)14/h1-11H,(H,16,17)/b11-9+. The Bertz CT molecular complexity index is 885. The van der Waals surface area contributed by atoms with E-state index in [1.54, 1.807) is 28.8 Å². The highest BCUT2D eigenvalue weighted by Gasteiger charge is 2.11. The van der Waals surface area contributed by atoms with Gasteiger partial charge in [0.2, 0.25) is 5.95 Å². The number of benzene rings is 1. The van der Waals surface area contributed by atoms with E-state index in [2.05, 4.69) is 14.9 Å². The van der Waals surface area contributed by atoms with Gasteiger partial charge in [0.1, 0.15) is 0 Å². The number of nitrogens with zero attached hydrogens (tertiary/aromatic N) is 3. The Hall–Kier alpha value is -2.67. The summed E-state index contributed by atoms with van der Waals surface area (Å²) in [6.45, 7) is 0. The summed E-state index contributed by atoms with van der Waals surface area (Å²) >= 11 is 0. The maximum atomic E-state index is 12.0. The zero-order valence-corrected chi connectivity index (χ0v) is 11.7. The van der Waals surface area contributed by atoms with E-state index in [0.29, 0.717) is 5.65 Å². The first kappa shape index (κ1) is 13.3. The van der Waals surface area contributed by atoms with Gasteiger partial charge in [-0.3, -0.25) is 4.40 Å². The van der Waals surface area contributed by atoms with Crippen molar-refractivity contribution < 1.29 is 8.42 Å². The monoisotopic (exact) mass is 300 g/mol. The summed E-state index contributed by atoms with van der Waals surface area (Å²) in [6, 6.07) is 14.5. The molecule has 3 aromatic rings. The molecule has 2 heterocycles. The number of aromatic nitrogens is 3. The lowest BCUT2D eigenvalue weighted by atomic mass is 10.2. The van der Waals surface area contributed by atoms with Gasteiger partial charge in [-0.2, -0.15) is 0 Å². The Morgan fingerprint density at radius 2 is 1.76 bits per heavy atom. The predicted molar refractivity (Wildman–Crippen MR) is 81.0 cm³/mol. The number of sulfonamides is 1. The van der Waals surface area contributed by atoms with Gasteiger partial charge in [0, 0.05) is 6.20 Å². The molecule has 2 aromatic heterocycles. The summed E-state index contributed by atoms with van der Waals surface area (Å²) in [7, 11) is -3.65. The second kappa shape index (κ2) is 5.37. The third-order valence-corrected chi connectivity index (χ3v) is 3.75. The molecule has 1 N–H and O–H groups in total. The Labute approximate surface area is 121 Å². The number of nitrogens with one attached hydrogen (secondary N) is 1. The molecule has 6 nitrogen and oxygen atoms in total. The van der Waals surface area contributed by atoms with E-state index in [1.165, 1.54) is 6.08 Å². The fourth-order valence-electron chi connectivity index (χ4n) is 1.80. The van der Waals surface area contributed by atoms with E-state index in [9.17, 15) is 8.42 Å². The summed E-state index contributed by atoms with van der Waals surface area (Å²) in [5.74, 6) is 0.156. The molecule has 3 rings (SSSR count). The fourth-order valence-corrected chi connectivity index (χ4v) is 2.60. The van der Waals surface area contributed by atoms with Crippen molar-refractivity contribution in [1.82, 2.24) is 14.6 Å². The summed E-state index contributed by atoms with van der Waals surface area (Å²) in [5, 5.41) is 8.81. The minimum absolute atomic E-state index is 0.156. The second-order valence-electron chi connectivity index (χ2n) is 4.31. The van der Waals surface area contributed by atoms with Crippen LogP contribution in [0.3, 0.4) is 0 Å². The maximum Gasteiger partial charge on any atom is 0.257 e. The first-order valence-corrected chi connectivity index (χ1v) is 7.74. The average Bonchev–Trinajstić information content (AvgIpc) is 2.89. The van der Waals surface area contributed by atoms with Crippen LogP contribution in [-0.2, 0) is 10.0 Å². The molecule has 0 saturated heterocycles. The average molecular weight is 300 g/mol. The lowest BCUT2D eigenvalue weighted by Crippen LogP contribution is -2.11. The second-order valence-corrected chi connectivity index (χ2v) is 5.88. The van der Waals surface area contributed by atoms with Crippen LogP contribution in [0.4, 0.5) is 5.95 Å². The topological polar surface area (TPSA) is 76.4 Å². The lowest BCUT2D eigenvalue weighted by molar-refractivity contribution is 0.609. The van der Waals surface area contributed by atoms with Crippen molar-refractivity contribution in [3.05, 3.63) is 65.7 Å². The Kier molecular flexibility index (Phi) is 3.41. The van der Waals surface area contributed by atoms with Crippen molar-refractivity contribution in [2.75, 3.05) is 4.72 Å². The van der Waals surface area contributed by atoms with Crippen LogP contribution in [0.25, 0.3) is 11.7 Å². The predicted octanol–water partition coefficient (Wildman–Crippen LogP) is 2.14.